The Balaban J connectivity index is 2.02. The van der Waals surface area contributed by atoms with Gasteiger partial charge in [-0.1, -0.05) is 12.1 Å². The van der Waals surface area contributed by atoms with E-state index >= 15 is 0 Å². The number of benzene rings is 1. The molecule has 2 rings (SSSR count). The van der Waals surface area contributed by atoms with E-state index in [1.807, 2.05) is 26.1 Å². The van der Waals surface area contributed by atoms with Gasteiger partial charge in [0.1, 0.15) is 5.82 Å². The predicted molar refractivity (Wildman–Crippen MR) is 78.2 cm³/mol. The Morgan fingerprint density at radius 2 is 1.89 bits per heavy atom. The van der Waals surface area contributed by atoms with Crippen LogP contribution in [0.3, 0.4) is 0 Å². The SMILES string of the molecule is CNC(Cc1ccc(F)cc1)Cc1nc(C)c(C)s1. The molecule has 0 fully saturated rings. The molecule has 1 aromatic heterocycles. The van der Waals surface area contributed by atoms with Crippen molar-refractivity contribution < 1.29 is 4.39 Å². The molecule has 2 nitrogen and oxygen atoms in total. The molecule has 0 aliphatic heterocycles. The van der Waals surface area contributed by atoms with Gasteiger partial charge in [-0.15, -0.1) is 11.3 Å². The van der Waals surface area contributed by atoms with E-state index in [0.717, 1.165) is 29.1 Å². The number of hydrogen-bond acceptors (Lipinski definition) is 3. The molecular formula is C15H19FN2S. The first-order valence-corrected chi connectivity index (χ1v) is 7.24. The molecule has 0 bridgehead atoms. The van der Waals surface area contributed by atoms with Crippen LogP contribution in [-0.4, -0.2) is 18.1 Å². The van der Waals surface area contributed by atoms with Crippen LogP contribution in [0, 0.1) is 19.7 Å². The monoisotopic (exact) mass is 278 g/mol. The summed E-state index contributed by atoms with van der Waals surface area (Å²) < 4.78 is 12.9. The summed E-state index contributed by atoms with van der Waals surface area (Å²) in [5.74, 6) is -0.184. The van der Waals surface area contributed by atoms with E-state index in [1.54, 1.807) is 11.3 Å². The fourth-order valence-corrected chi connectivity index (χ4v) is 3.03. The van der Waals surface area contributed by atoms with Gasteiger partial charge in [0.25, 0.3) is 0 Å². The van der Waals surface area contributed by atoms with Crippen molar-refractivity contribution in [2.24, 2.45) is 0 Å². The molecule has 0 saturated heterocycles. The van der Waals surface area contributed by atoms with E-state index in [4.69, 9.17) is 0 Å². The number of nitrogens with one attached hydrogen (secondary N) is 1. The van der Waals surface area contributed by atoms with Crippen LogP contribution in [0.15, 0.2) is 24.3 Å². The summed E-state index contributed by atoms with van der Waals surface area (Å²) in [7, 11) is 1.96. The Kier molecular flexibility index (Phi) is 4.66. The number of aromatic nitrogens is 1. The molecule has 1 N–H and O–H groups in total. The van der Waals surface area contributed by atoms with E-state index < -0.39 is 0 Å². The van der Waals surface area contributed by atoms with Crippen LogP contribution >= 0.6 is 11.3 Å². The number of hydrogen-bond donors (Lipinski definition) is 1. The molecule has 1 aromatic carbocycles. The lowest BCUT2D eigenvalue weighted by Crippen LogP contribution is -2.29. The number of thiazole rings is 1. The molecule has 0 amide bonds. The van der Waals surface area contributed by atoms with Crippen molar-refractivity contribution in [3.8, 4) is 0 Å². The summed E-state index contributed by atoms with van der Waals surface area (Å²) in [6, 6.07) is 7.05. The maximum atomic E-state index is 12.9. The lowest BCUT2D eigenvalue weighted by molar-refractivity contribution is 0.553. The Bertz CT molecular complexity index is 514. The highest BCUT2D eigenvalue weighted by Crippen LogP contribution is 2.19. The predicted octanol–water partition coefficient (Wildman–Crippen LogP) is 3.27. The third-order valence-corrected chi connectivity index (χ3v) is 4.39. The van der Waals surface area contributed by atoms with E-state index in [2.05, 4.69) is 17.2 Å². The summed E-state index contributed by atoms with van der Waals surface area (Å²) in [4.78, 5) is 5.86. The Morgan fingerprint density at radius 3 is 2.42 bits per heavy atom. The standard InChI is InChI=1S/C15H19FN2S/c1-10-11(2)19-15(18-10)9-14(17-3)8-12-4-6-13(16)7-5-12/h4-7,14,17H,8-9H2,1-3H3. The largest absolute Gasteiger partial charge is 0.316 e. The van der Waals surface area contributed by atoms with Crippen LogP contribution in [0.2, 0.25) is 0 Å². The van der Waals surface area contributed by atoms with Gasteiger partial charge in [0, 0.05) is 17.3 Å². The van der Waals surface area contributed by atoms with Gasteiger partial charge in [-0.25, -0.2) is 9.37 Å². The van der Waals surface area contributed by atoms with Gasteiger partial charge in [0.2, 0.25) is 0 Å². The fraction of sp³-hybridized carbons (Fsp3) is 0.400. The fourth-order valence-electron chi connectivity index (χ4n) is 2.02. The molecule has 19 heavy (non-hydrogen) atoms. The van der Waals surface area contributed by atoms with Crippen LogP contribution in [-0.2, 0) is 12.8 Å². The van der Waals surface area contributed by atoms with Gasteiger partial charge in [-0.3, -0.25) is 0 Å². The van der Waals surface area contributed by atoms with Gasteiger partial charge < -0.3 is 5.32 Å². The Hall–Kier alpha value is -1.26. The first-order valence-electron chi connectivity index (χ1n) is 6.43. The zero-order valence-electron chi connectivity index (χ0n) is 11.5. The van der Waals surface area contributed by atoms with Gasteiger partial charge in [0.05, 0.1) is 10.7 Å². The van der Waals surface area contributed by atoms with Crippen molar-refractivity contribution >= 4 is 11.3 Å². The van der Waals surface area contributed by atoms with Crippen molar-refractivity contribution in [3.63, 3.8) is 0 Å². The molecule has 102 valence electrons. The number of likely N-dealkylation sites (N-methyl/N-ethyl adjacent to an activating group) is 1. The third kappa shape index (κ3) is 3.85. The second-order valence-electron chi connectivity index (χ2n) is 4.77. The normalized spacial score (nSPS) is 12.6. The van der Waals surface area contributed by atoms with Crippen molar-refractivity contribution in [3.05, 3.63) is 51.2 Å². The van der Waals surface area contributed by atoms with Gasteiger partial charge >= 0.3 is 0 Å². The maximum Gasteiger partial charge on any atom is 0.123 e. The van der Waals surface area contributed by atoms with E-state index in [9.17, 15) is 4.39 Å². The second kappa shape index (κ2) is 6.26. The topological polar surface area (TPSA) is 24.9 Å². The van der Waals surface area contributed by atoms with Gasteiger partial charge in [-0.05, 0) is 45.0 Å². The van der Waals surface area contributed by atoms with Crippen LogP contribution in [0.4, 0.5) is 4.39 Å². The molecule has 0 saturated carbocycles. The number of aryl methyl sites for hydroxylation is 2. The van der Waals surface area contributed by atoms with Crippen LogP contribution in [0.5, 0.6) is 0 Å². The van der Waals surface area contributed by atoms with Crippen molar-refractivity contribution in [1.29, 1.82) is 0 Å². The molecule has 1 heterocycles. The molecule has 0 aliphatic carbocycles. The summed E-state index contributed by atoms with van der Waals surface area (Å²) >= 11 is 1.76. The van der Waals surface area contributed by atoms with E-state index in [0.29, 0.717) is 6.04 Å². The lowest BCUT2D eigenvalue weighted by Gasteiger charge is -2.14. The highest BCUT2D eigenvalue weighted by atomic mass is 32.1. The van der Waals surface area contributed by atoms with Crippen molar-refractivity contribution in [2.45, 2.75) is 32.7 Å². The minimum Gasteiger partial charge on any atom is -0.316 e. The highest BCUT2D eigenvalue weighted by Gasteiger charge is 2.12. The average molecular weight is 278 g/mol. The third-order valence-electron chi connectivity index (χ3n) is 3.30. The molecule has 0 aliphatic rings. The Morgan fingerprint density at radius 1 is 1.21 bits per heavy atom. The first kappa shape index (κ1) is 14.2. The van der Waals surface area contributed by atoms with Crippen LogP contribution < -0.4 is 5.32 Å². The molecular weight excluding hydrogens is 259 g/mol. The van der Waals surface area contributed by atoms with Crippen molar-refractivity contribution in [1.82, 2.24) is 10.3 Å². The van der Waals surface area contributed by atoms with E-state index in [1.165, 1.54) is 17.0 Å². The quantitative estimate of drug-likeness (QED) is 0.908. The zero-order valence-corrected chi connectivity index (χ0v) is 12.4. The molecule has 4 heteroatoms. The number of rotatable bonds is 5. The Labute approximate surface area is 117 Å². The lowest BCUT2D eigenvalue weighted by atomic mass is 10.0. The van der Waals surface area contributed by atoms with Crippen molar-refractivity contribution in [2.75, 3.05) is 7.05 Å². The highest BCUT2D eigenvalue weighted by molar-refractivity contribution is 7.11. The average Bonchev–Trinajstić information content (AvgIpc) is 2.70. The molecule has 1 atom stereocenters. The zero-order chi connectivity index (χ0) is 13.8. The second-order valence-corrected chi connectivity index (χ2v) is 6.06. The number of nitrogens with zero attached hydrogens (tertiary/aromatic N) is 1. The molecule has 2 aromatic rings. The first-order chi connectivity index (χ1) is 9.08. The summed E-state index contributed by atoms with van der Waals surface area (Å²) in [5, 5.41) is 4.48. The smallest absolute Gasteiger partial charge is 0.123 e. The summed E-state index contributed by atoms with van der Waals surface area (Å²) in [6.07, 6.45) is 1.79. The van der Waals surface area contributed by atoms with E-state index in [-0.39, 0.29) is 5.82 Å². The van der Waals surface area contributed by atoms with Gasteiger partial charge in [-0.2, -0.15) is 0 Å². The van der Waals surface area contributed by atoms with Gasteiger partial charge in [0.15, 0.2) is 0 Å². The minimum atomic E-state index is -0.184. The number of halogens is 1. The molecule has 0 radical (unpaired) electrons. The molecule has 0 spiro atoms. The summed E-state index contributed by atoms with van der Waals surface area (Å²) in [5.41, 5.74) is 2.27. The molecule has 1 unspecified atom stereocenters. The van der Waals surface area contributed by atoms with Crippen LogP contribution in [0.1, 0.15) is 21.1 Å². The minimum absolute atomic E-state index is 0.184. The summed E-state index contributed by atoms with van der Waals surface area (Å²) in [6.45, 7) is 4.15. The maximum absolute atomic E-state index is 12.9. The van der Waals surface area contributed by atoms with Crippen LogP contribution in [0.25, 0.3) is 0 Å².